The zero-order valence-electron chi connectivity index (χ0n) is 14.4. The third-order valence-corrected chi connectivity index (χ3v) is 5.57. The first-order chi connectivity index (χ1) is 12.1. The van der Waals surface area contributed by atoms with E-state index in [0.717, 1.165) is 31.8 Å². The van der Waals surface area contributed by atoms with E-state index in [4.69, 9.17) is 9.15 Å². The molecule has 0 aliphatic carbocycles. The van der Waals surface area contributed by atoms with E-state index in [9.17, 15) is 9.50 Å². The monoisotopic (exact) mass is 346 g/mol. The Bertz CT molecular complexity index is 763. The van der Waals surface area contributed by atoms with Crippen molar-refractivity contribution >= 4 is 0 Å². The number of rotatable bonds is 4. The maximum atomic E-state index is 14.0. The van der Waals surface area contributed by atoms with Crippen LogP contribution in [0.2, 0.25) is 0 Å². The minimum absolute atomic E-state index is 0.145. The maximum absolute atomic E-state index is 14.0. The second-order valence-electron chi connectivity index (χ2n) is 7.23. The van der Waals surface area contributed by atoms with E-state index in [0.29, 0.717) is 36.3 Å². The molecule has 3 heterocycles. The van der Waals surface area contributed by atoms with Crippen LogP contribution in [0.1, 0.15) is 17.9 Å². The summed E-state index contributed by atoms with van der Waals surface area (Å²) in [6.07, 6.45) is 0.981. The Balaban J connectivity index is 1.53. The summed E-state index contributed by atoms with van der Waals surface area (Å²) in [7, 11) is 0. The van der Waals surface area contributed by atoms with Gasteiger partial charge in [0.1, 0.15) is 11.6 Å². The van der Waals surface area contributed by atoms with E-state index >= 15 is 0 Å². The Morgan fingerprint density at radius 3 is 3.00 bits per heavy atom. The van der Waals surface area contributed by atoms with Crippen molar-refractivity contribution in [1.29, 1.82) is 0 Å². The molecule has 2 aliphatic heterocycles. The topological polar surface area (TPSA) is 58.7 Å². The Morgan fingerprint density at radius 1 is 1.40 bits per heavy atom. The average Bonchev–Trinajstić information content (AvgIpc) is 3.16. The summed E-state index contributed by atoms with van der Waals surface area (Å²) < 4.78 is 25.3. The molecule has 25 heavy (non-hydrogen) atoms. The molecule has 1 aromatic heterocycles. The lowest BCUT2D eigenvalue weighted by Gasteiger charge is -2.36. The average molecular weight is 346 g/mol. The molecule has 5 nitrogen and oxygen atoms in total. The molecule has 2 fully saturated rings. The van der Waals surface area contributed by atoms with Crippen molar-refractivity contribution in [2.24, 2.45) is 11.3 Å². The Labute approximate surface area is 146 Å². The van der Waals surface area contributed by atoms with E-state index in [2.05, 4.69) is 9.88 Å². The molecule has 0 amide bonds. The van der Waals surface area contributed by atoms with Gasteiger partial charge in [-0.3, -0.25) is 4.90 Å². The van der Waals surface area contributed by atoms with E-state index in [1.165, 1.54) is 6.07 Å². The second kappa shape index (κ2) is 6.52. The van der Waals surface area contributed by atoms with Gasteiger partial charge in [0.05, 0.1) is 24.5 Å². The number of halogens is 1. The highest BCUT2D eigenvalue weighted by molar-refractivity contribution is 5.54. The summed E-state index contributed by atoms with van der Waals surface area (Å²) in [5.41, 5.74) is 1.04. The Hall–Kier alpha value is -1.76. The fourth-order valence-electron chi connectivity index (χ4n) is 4.09. The Morgan fingerprint density at radius 2 is 2.24 bits per heavy atom. The highest BCUT2D eigenvalue weighted by Gasteiger charge is 2.48. The highest BCUT2D eigenvalue weighted by Crippen LogP contribution is 2.41. The van der Waals surface area contributed by atoms with Gasteiger partial charge in [-0.2, -0.15) is 0 Å². The van der Waals surface area contributed by atoms with Gasteiger partial charge in [0.15, 0.2) is 0 Å². The molecular weight excluding hydrogens is 323 g/mol. The lowest BCUT2D eigenvalue weighted by Crippen LogP contribution is -2.42. The van der Waals surface area contributed by atoms with Crippen LogP contribution in [-0.2, 0) is 11.3 Å². The summed E-state index contributed by atoms with van der Waals surface area (Å²) in [6.45, 7) is 5.74. The van der Waals surface area contributed by atoms with Crippen LogP contribution in [0.15, 0.2) is 28.7 Å². The van der Waals surface area contributed by atoms with E-state index in [1.54, 1.807) is 18.2 Å². The molecule has 0 bridgehead atoms. The standard InChI is InChI=1S/C19H23FN2O3/c1-13-17(21-18(25-13)15-4-2-3-5-16(15)20)9-22-8-14-6-7-24-12-19(14,10-22)11-23/h2-5,14,23H,6-12H2,1H3/t14-,19+/m0/s1. The van der Waals surface area contributed by atoms with Crippen molar-refractivity contribution in [2.75, 3.05) is 32.9 Å². The van der Waals surface area contributed by atoms with Crippen LogP contribution < -0.4 is 0 Å². The smallest absolute Gasteiger partial charge is 0.229 e. The van der Waals surface area contributed by atoms with Crippen LogP contribution in [-0.4, -0.2) is 47.9 Å². The lowest BCUT2D eigenvalue weighted by molar-refractivity contribution is -0.0561. The largest absolute Gasteiger partial charge is 0.441 e. The van der Waals surface area contributed by atoms with Crippen LogP contribution in [0.25, 0.3) is 11.5 Å². The lowest BCUT2D eigenvalue weighted by atomic mass is 9.76. The Kier molecular flexibility index (Phi) is 4.35. The maximum Gasteiger partial charge on any atom is 0.229 e. The van der Waals surface area contributed by atoms with Gasteiger partial charge >= 0.3 is 0 Å². The number of hydrogen-bond acceptors (Lipinski definition) is 5. The van der Waals surface area contributed by atoms with E-state index in [-0.39, 0.29) is 17.8 Å². The summed E-state index contributed by atoms with van der Waals surface area (Å²) in [5.74, 6) is 1.15. The van der Waals surface area contributed by atoms with Crippen molar-refractivity contribution < 1.29 is 18.7 Å². The molecule has 0 spiro atoms. The van der Waals surface area contributed by atoms with Gasteiger partial charge in [-0.05, 0) is 31.4 Å². The number of hydrogen-bond donors (Lipinski definition) is 1. The molecule has 1 N–H and O–H groups in total. The summed E-state index contributed by atoms with van der Waals surface area (Å²) in [5, 5.41) is 9.89. The molecule has 0 radical (unpaired) electrons. The normalized spacial score (nSPS) is 26.8. The van der Waals surface area contributed by atoms with Crippen LogP contribution in [0.5, 0.6) is 0 Å². The molecule has 2 saturated heterocycles. The molecule has 134 valence electrons. The number of aryl methyl sites for hydroxylation is 1. The molecule has 1 aromatic carbocycles. The number of nitrogens with zero attached hydrogens (tertiary/aromatic N) is 2. The molecule has 6 heteroatoms. The minimum atomic E-state index is -0.334. The number of oxazole rings is 1. The van der Waals surface area contributed by atoms with Gasteiger partial charge in [-0.1, -0.05) is 12.1 Å². The van der Waals surface area contributed by atoms with Crippen molar-refractivity contribution in [3.8, 4) is 11.5 Å². The first-order valence-corrected chi connectivity index (χ1v) is 8.73. The number of aromatic nitrogens is 1. The summed E-state index contributed by atoms with van der Waals surface area (Å²) >= 11 is 0. The zero-order chi connectivity index (χ0) is 17.4. The molecule has 2 atom stereocenters. The number of ether oxygens (including phenoxy) is 1. The summed E-state index contributed by atoms with van der Waals surface area (Å²) in [6, 6.07) is 6.50. The molecule has 0 unspecified atom stereocenters. The van der Waals surface area contributed by atoms with Crippen LogP contribution in [0, 0.1) is 24.1 Å². The SMILES string of the molecule is Cc1oc(-c2ccccc2F)nc1CN1C[C@@H]2CCOC[C@]2(CO)C1. The molecule has 2 aliphatic rings. The zero-order valence-corrected chi connectivity index (χ0v) is 14.4. The fourth-order valence-corrected chi connectivity index (χ4v) is 4.09. The number of aliphatic hydroxyl groups excluding tert-OH is 1. The minimum Gasteiger partial charge on any atom is -0.441 e. The van der Waals surface area contributed by atoms with Crippen molar-refractivity contribution in [1.82, 2.24) is 9.88 Å². The van der Waals surface area contributed by atoms with Crippen LogP contribution >= 0.6 is 0 Å². The van der Waals surface area contributed by atoms with Crippen molar-refractivity contribution in [2.45, 2.75) is 19.9 Å². The van der Waals surface area contributed by atoms with E-state index < -0.39 is 0 Å². The van der Waals surface area contributed by atoms with Crippen molar-refractivity contribution in [3.05, 3.63) is 41.5 Å². The van der Waals surface area contributed by atoms with Gasteiger partial charge < -0.3 is 14.3 Å². The number of benzene rings is 1. The predicted molar refractivity (Wildman–Crippen MR) is 90.4 cm³/mol. The van der Waals surface area contributed by atoms with Gasteiger partial charge in [0.25, 0.3) is 0 Å². The first-order valence-electron chi connectivity index (χ1n) is 8.73. The van der Waals surface area contributed by atoms with Crippen molar-refractivity contribution in [3.63, 3.8) is 0 Å². The molecule has 0 saturated carbocycles. The van der Waals surface area contributed by atoms with Crippen LogP contribution in [0.3, 0.4) is 0 Å². The molecule has 2 aromatic rings. The molecular formula is C19H23FN2O3. The second-order valence-corrected chi connectivity index (χ2v) is 7.23. The van der Waals surface area contributed by atoms with Gasteiger partial charge in [-0.25, -0.2) is 9.37 Å². The predicted octanol–water partition coefficient (Wildman–Crippen LogP) is 2.62. The third kappa shape index (κ3) is 2.99. The third-order valence-electron chi connectivity index (χ3n) is 5.57. The number of likely N-dealkylation sites (tertiary alicyclic amines) is 1. The van der Waals surface area contributed by atoms with Crippen LogP contribution in [0.4, 0.5) is 4.39 Å². The quantitative estimate of drug-likeness (QED) is 0.922. The fraction of sp³-hybridized carbons (Fsp3) is 0.526. The highest BCUT2D eigenvalue weighted by atomic mass is 19.1. The first kappa shape index (κ1) is 16.7. The molecule has 4 rings (SSSR count). The number of aliphatic hydroxyl groups is 1. The van der Waals surface area contributed by atoms with Gasteiger partial charge in [0.2, 0.25) is 5.89 Å². The van der Waals surface area contributed by atoms with E-state index in [1.807, 2.05) is 6.92 Å². The van der Waals surface area contributed by atoms with Gasteiger partial charge in [0, 0.05) is 31.7 Å². The summed E-state index contributed by atoms with van der Waals surface area (Å²) in [4.78, 5) is 6.83. The van der Waals surface area contributed by atoms with Gasteiger partial charge in [-0.15, -0.1) is 0 Å². The number of fused-ring (bicyclic) bond motifs is 1.